The number of likely N-dealkylation sites (N-methyl/N-ethyl adjacent to an activating group) is 1. The summed E-state index contributed by atoms with van der Waals surface area (Å²) in [4.78, 5) is 15.1. The maximum absolute atomic E-state index is 12.9. The first-order valence-electron chi connectivity index (χ1n) is 9.58. The lowest BCUT2D eigenvalue weighted by atomic mass is 9.77. The van der Waals surface area contributed by atoms with Crippen molar-refractivity contribution in [3.05, 3.63) is 29.5 Å². The highest BCUT2D eigenvalue weighted by Gasteiger charge is 2.45. The molecule has 2 N–H and O–H groups in total. The molecule has 0 radical (unpaired) electrons. The molecule has 1 aromatic carbocycles. The molecule has 0 aliphatic carbocycles. The highest BCUT2D eigenvalue weighted by Crippen LogP contribution is 2.41. The van der Waals surface area contributed by atoms with Gasteiger partial charge in [-0.3, -0.25) is 14.4 Å². The van der Waals surface area contributed by atoms with Crippen molar-refractivity contribution < 1.29 is 4.79 Å². The molecule has 2 fully saturated rings. The topological polar surface area (TPSA) is 62.2 Å². The van der Waals surface area contributed by atoms with Crippen LogP contribution in [0, 0.1) is 12.3 Å². The predicted octanol–water partition coefficient (Wildman–Crippen LogP) is 1.57. The predicted molar refractivity (Wildman–Crippen MR) is 103 cm³/mol. The van der Waals surface area contributed by atoms with E-state index in [4.69, 9.17) is 0 Å². The summed E-state index contributed by atoms with van der Waals surface area (Å²) in [6.45, 7) is 5.74. The Labute approximate surface area is 154 Å². The first-order chi connectivity index (χ1) is 12.5. The number of carbonyl (C=O) groups is 1. The Kier molecular flexibility index (Phi) is 4.49. The van der Waals surface area contributed by atoms with Crippen molar-refractivity contribution >= 4 is 16.8 Å². The Morgan fingerprint density at radius 3 is 2.88 bits per heavy atom. The van der Waals surface area contributed by atoms with Crippen LogP contribution in [-0.4, -0.2) is 53.3 Å². The molecule has 0 bridgehead atoms. The van der Waals surface area contributed by atoms with Crippen molar-refractivity contribution in [1.82, 2.24) is 25.3 Å². The minimum atomic E-state index is -0.0233. The third-order valence-corrected chi connectivity index (χ3v) is 6.22. The molecule has 6 nitrogen and oxygen atoms in total. The first-order valence-corrected chi connectivity index (χ1v) is 9.58. The number of hydrogen-bond donors (Lipinski definition) is 2. The van der Waals surface area contributed by atoms with Gasteiger partial charge in [-0.15, -0.1) is 0 Å². The van der Waals surface area contributed by atoms with Gasteiger partial charge in [-0.1, -0.05) is 11.6 Å². The molecule has 1 spiro atoms. The van der Waals surface area contributed by atoms with Gasteiger partial charge in [0.15, 0.2) is 0 Å². The number of amides is 1. The number of aryl methyl sites for hydroxylation is 2. The summed E-state index contributed by atoms with van der Waals surface area (Å²) in [5, 5.41) is 12.3. The van der Waals surface area contributed by atoms with Crippen molar-refractivity contribution in [2.45, 2.75) is 38.8 Å². The van der Waals surface area contributed by atoms with Gasteiger partial charge in [0.1, 0.15) is 0 Å². The summed E-state index contributed by atoms with van der Waals surface area (Å²) in [6, 6.07) is 6.31. The fraction of sp³-hybridized carbons (Fsp3) is 0.600. The van der Waals surface area contributed by atoms with Gasteiger partial charge >= 0.3 is 0 Å². The molecule has 2 aliphatic rings. The van der Waals surface area contributed by atoms with Crippen molar-refractivity contribution in [1.29, 1.82) is 0 Å². The quantitative estimate of drug-likeness (QED) is 0.877. The highest BCUT2D eigenvalue weighted by molar-refractivity contribution is 5.85. The van der Waals surface area contributed by atoms with Gasteiger partial charge in [-0.05, 0) is 63.9 Å². The number of carbonyl (C=O) groups excluding carboxylic acids is 1. The van der Waals surface area contributed by atoms with Crippen LogP contribution in [0.1, 0.15) is 30.5 Å². The lowest BCUT2D eigenvalue weighted by Crippen LogP contribution is -2.41. The third-order valence-electron chi connectivity index (χ3n) is 6.22. The lowest BCUT2D eigenvalue weighted by Gasteiger charge is -2.33. The van der Waals surface area contributed by atoms with Gasteiger partial charge in [0.25, 0.3) is 0 Å². The Morgan fingerprint density at radius 1 is 1.35 bits per heavy atom. The molecule has 2 aliphatic heterocycles. The number of likely N-dealkylation sites (tertiary alicyclic amines) is 1. The molecule has 1 amide bonds. The molecule has 0 saturated carbocycles. The van der Waals surface area contributed by atoms with E-state index < -0.39 is 0 Å². The summed E-state index contributed by atoms with van der Waals surface area (Å²) in [5.74, 6) is 0.134. The smallest absolute Gasteiger partial charge is 0.237 e. The van der Waals surface area contributed by atoms with Crippen LogP contribution >= 0.6 is 0 Å². The van der Waals surface area contributed by atoms with Crippen LogP contribution in [0.2, 0.25) is 0 Å². The van der Waals surface area contributed by atoms with E-state index in [2.05, 4.69) is 52.8 Å². The third kappa shape index (κ3) is 3.12. The van der Waals surface area contributed by atoms with Gasteiger partial charge in [0.2, 0.25) is 5.91 Å². The zero-order chi connectivity index (χ0) is 18.3. The van der Waals surface area contributed by atoms with Crippen molar-refractivity contribution in [2.75, 3.05) is 26.7 Å². The maximum Gasteiger partial charge on any atom is 0.237 e. The van der Waals surface area contributed by atoms with Crippen molar-refractivity contribution in [2.24, 2.45) is 12.5 Å². The average Bonchev–Trinajstić information content (AvgIpc) is 3.10. The number of hydrogen-bond acceptors (Lipinski definition) is 4. The lowest BCUT2D eigenvalue weighted by molar-refractivity contribution is -0.125. The summed E-state index contributed by atoms with van der Waals surface area (Å²) in [7, 11) is 4.04. The molecule has 0 unspecified atom stereocenters. The van der Waals surface area contributed by atoms with Crippen LogP contribution in [-0.2, 0) is 18.4 Å². The molecule has 1 aromatic heterocycles. The van der Waals surface area contributed by atoms with Crippen LogP contribution in [0.4, 0.5) is 0 Å². The number of piperidine rings is 1. The summed E-state index contributed by atoms with van der Waals surface area (Å²) in [5.41, 5.74) is 3.57. The number of benzene rings is 1. The van der Waals surface area contributed by atoms with Crippen LogP contribution in [0.15, 0.2) is 18.2 Å². The fourth-order valence-electron chi connectivity index (χ4n) is 4.75. The Balaban J connectivity index is 1.45. The second-order valence-electron chi connectivity index (χ2n) is 8.19. The van der Waals surface area contributed by atoms with Crippen LogP contribution in [0.25, 0.3) is 10.9 Å². The molecular formula is C20H29N5O. The highest BCUT2D eigenvalue weighted by atomic mass is 16.2. The molecule has 2 aromatic rings. The Morgan fingerprint density at radius 2 is 2.12 bits per heavy atom. The standard InChI is InChI=1S/C20H29N5O/c1-14-4-5-17-15(10-14)16(23-25(17)3)12-22-19(26)18-11-20(13-24(18)2)6-8-21-9-7-20/h4-5,10,18,21H,6-9,11-13H2,1-3H3,(H,22,26)/t18-/m0/s1. The number of nitrogens with one attached hydrogen (secondary N) is 2. The van der Waals surface area contributed by atoms with Gasteiger partial charge in [0.05, 0.1) is 23.8 Å². The van der Waals surface area contributed by atoms with E-state index in [0.29, 0.717) is 12.0 Å². The van der Waals surface area contributed by atoms with Crippen LogP contribution < -0.4 is 10.6 Å². The zero-order valence-corrected chi connectivity index (χ0v) is 16.0. The Bertz CT molecular complexity index is 821. The van der Waals surface area contributed by atoms with E-state index in [0.717, 1.165) is 42.7 Å². The van der Waals surface area contributed by atoms with Crippen molar-refractivity contribution in [3.8, 4) is 0 Å². The molecule has 4 rings (SSSR count). The molecule has 3 heterocycles. The average molecular weight is 355 g/mol. The summed E-state index contributed by atoms with van der Waals surface area (Å²) in [6.07, 6.45) is 3.32. The van der Waals surface area contributed by atoms with E-state index in [9.17, 15) is 4.79 Å². The normalized spacial score (nSPS) is 23.0. The van der Waals surface area contributed by atoms with Crippen LogP contribution in [0.5, 0.6) is 0 Å². The second kappa shape index (κ2) is 6.67. The minimum Gasteiger partial charge on any atom is -0.349 e. The van der Waals surface area contributed by atoms with Gasteiger partial charge in [-0.25, -0.2) is 0 Å². The minimum absolute atomic E-state index is 0.0233. The summed E-state index contributed by atoms with van der Waals surface area (Å²) >= 11 is 0. The van der Waals surface area contributed by atoms with Crippen molar-refractivity contribution in [3.63, 3.8) is 0 Å². The first kappa shape index (κ1) is 17.5. The zero-order valence-electron chi connectivity index (χ0n) is 16.0. The monoisotopic (exact) mass is 355 g/mol. The summed E-state index contributed by atoms with van der Waals surface area (Å²) < 4.78 is 1.89. The number of nitrogens with zero attached hydrogens (tertiary/aromatic N) is 3. The number of aromatic nitrogens is 2. The maximum atomic E-state index is 12.9. The molecule has 26 heavy (non-hydrogen) atoms. The van der Waals surface area contributed by atoms with Gasteiger partial charge < -0.3 is 10.6 Å². The van der Waals surface area contributed by atoms with Gasteiger partial charge in [0, 0.05) is 19.0 Å². The molecule has 6 heteroatoms. The fourth-order valence-corrected chi connectivity index (χ4v) is 4.75. The molecule has 2 saturated heterocycles. The van der Waals surface area contributed by atoms with Gasteiger partial charge in [-0.2, -0.15) is 5.10 Å². The van der Waals surface area contributed by atoms with E-state index in [1.165, 1.54) is 18.4 Å². The van der Waals surface area contributed by atoms with E-state index in [1.807, 2.05) is 11.7 Å². The molecular weight excluding hydrogens is 326 g/mol. The largest absolute Gasteiger partial charge is 0.349 e. The van der Waals surface area contributed by atoms with Crippen LogP contribution in [0.3, 0.4) is 0 Å². The second-order valence-corrected chi connectivity index (χ2v) is 8.19. The number of rotatable bonds is 3. The SMILES string of the molecule is Cc1ccc2c(c1)c(CNC(=O)[C@@H]1CC3(CCNCC3)CN1C)nn2C. The van der Waals surface area contributed by atoms with E-state index in [1.54, 1.807) is 0 Å². The Hall–Kier alpha value is -1.92. The van der Waals surface area contributed by atoms with E-state index in [-0.39, 0.29) is 11.9 Å². The number of fused-ring (bicyclic) bond motifs is 1. The van der Waals surface area contributed by atoms with E-state index >= 15 is 0 Å². The molecule has 1 atom stereocenters. The molecule has 140 valence electrons.